The number of pyridine rings is 1. The van der Waals surface area contributed by atoms with E-state index in [1.165, 1.54) is 0 Å². The van der Waals surface area contributed by atoms with Gasteiger partial charge in [0.1, 0.15) is 0 Å². The molecule has 0 bridgehead atoms. The summed E-state index contributed by atoms with van der Waals surface area (Å²) >= 11 is 0. The standard InChI is InChI=1S/C12H17N5/c1-8-4-5-10(6-14-8)12(16-13)11-7-15-17(3)9(11)2/h4-7,12,16H,13H2,1-3H3. The molecule has 0 saturated carbocycles. The highest BCUT2D eigenvalue weighted by molar-refractivity contribution is 5.31. The molecule has 0 amide bonds. The molecule has 2 heterocycles. The Kier molecular flexibility index (Phi) is 3.21. The maximum Gasteiger partial charge on any atom is 0.0758 e. The van der Waals surface area contributed by atoms with Crippen LogP contribution in [0, 0.1) is 13.8 Å². The van der Waals surface area contributed by atoms with E-state index in [0.29, 0.717) is 0 Å². The third-order valence-corrected chi connectivity index (χ3v) is 3.02. The van der Waals surface area contributed by atoms with Crippen molar-refractivity contribution in [1.29, 1.82) is 0 Å². The Morgan fingerprint density at radius 2 is 2.06 bits per heavy atom. The Labute approximate surface area is 101 Å². The van der Waals surface area contributed by atoms with Gasteiger partial charge in [-0.05, 0) is 25.5 Å². The van der Waals surface area contributed by atoms with Crippen molar-refractivity contribution in [2.45, 2.75) is 19.9 Å². The van der Waals surface area contributed by atoms with Crippen LogP contribution in [0.1, 0.15) is 28.6 Å². The molecule has 2 aromatic heterocycles. The summed E-state index contributed by atoms with van der Waals surface area (Å²) in [7, 11) is 1.92. The van der Waals surface area contributed by atoms with Crippen LogP contribution in [0.5, 0.6) is 0 Å². The monoisotopic (exact) mass is 231 g/mol. The lowest BCUT2D eigenvalue weighted by molar-refractivity contribution is 0.628. The van der Waals surface area contributed by atoms with Crippen molar-refractivity contribution in [3.63, 3.8) is 0 Å². The van der Waals surface area contributed by atoms with E-state index in [2.05, 4.69) is 15.5 Å². The topological polar surface area (TPSA) is 68.8 Å². The zero-order chi connectivity index (χ0) is 12.4. The summed E-state index contributed by atoms with van der Waals surface area (Å²) in [6.45, 7) is 3.98. The molecule has 2 aromatic rings. The van der Waals surface area contributed by atoms with Crippen molar-refractivity contribution >= 4 is 0 Å². The van der Waals surface area contributed by atoms with Gasteiger partial charge in [0.15, 0.2) is 0 Å². The third-order valence-electron chi connectivity index (χ3n) is 3.02. The minimum Gasteiger partial charge on any atom is -0.273 e. The van der Waals surface area contributed by atoms with E-state index in [-0.39, 0.29) is 6.04 Å². The molecular weight excluding hydrogens is 214 g/mol. The van der Waals surface area contributed by atoms with Gasteiger partial charge < -0.3 is 0 Å². The van der Waals surface area contributed by atoms with Gasteiger partial charge >= 0.3 is 0 Å². The Balaban J connectivity index is 2.40. The average Bonchev–Trinajstić information content (AvgIpc) is 2.65. The molecule has 2 rings (SSSR count). The van der Waals surface area contributed by atoms with Crippen molar-refractivity contribution in [3.8, 4) is 0 Å². The van der Waals surface area contributed by atoms with Crippen LogP contribution in [0.2, 0.25) is 0 Å². The van der Waals surface area contributed by atoms with Gasteiger partial charge in [0.25, 0.3) is 0 Å². The summed E-state index contributed by atoms with van der Waals surface area (Å²) < 4.78 is 1.83. The number of hydrogen-bond donors (Lipinski definition) is 2. The number of aromatic nitrogens is 3. The first-order valence-corrected chi connectivity index (χ1v) is 5.50. The number of nitrogens with two attached hydrogens (primary N) is 1. The van der Waals surface area contributed by atoms with E-state index >= 15 is 0 Å². The molecule has 1 atom stereocenters. The zero-order valence-electron chi connectivity index (χ0n) is 10.3. The molecule has 17 heavy (non-hydrogen) atoms. The Morgan fingerprint density at radius 1 is 1.29 bits per heavy atom. The van der Waals surface area contributed by atoms with Crippen LogP contribution >= 0.6 is 0 Å². The van der Waals surface area contributed by atoms with Crippen molar-refractivity contribution in [2.24, 2.45) is 12.9 Å². The predicted molar refractivity (Wildman–Crippen MR) is 66.1 cm³/mol. The fourth-order valence-electron chi connectivity index (χ4n) is 1.81. The fourth-order valence-corrected chi connectivity index (χ4v) is 1.81. The van der Waals surface area contributed by atoms with Gasteiger partial charge in [0, 0.05) is 30.2 Å². The molecule has 0 fully saturated rings. The van der Waals surface area contributed by atoms with Gasteiger partial charge in [0.2, 0.25) is 0 Å². The van der Waals surface area contributed by atoms with E-state index in [9.17, 15) is 0 Å². The predicted octanol–water partition coefficient (Wildman–Crippen LogP) is 0.985. The number of aryl methyl sites for hydroxylation is 2. The van der Waals surface area contributed by atoms with Crippen LogP contribution in [0.15, 0.2) is 24.5 Å². The van der Waals surface area contributed by atoms with E-state index in [1.54, 1.807) is 0 Å². The van der Waals surface area contributed by atoms with E-state index in [0.717, 1.165) is 22.5 Å². The summed E-state index contributed by atoms with van der Waals surface area (Å²) in [5.74, 6) is 5.64. The van der Waals surface area contributed by atoms with Crippen LogP contribution in [-0.4, -0.2) is 14.8 Å². The second-order valence-electron chi connectivity index (χ2n) is 4.14. The van der Waals surface area contributed by atoms with Crippen molar-refractivity contribution in [3.05, 3.63) is 47.0 Å². The van der Waals surface area contributed by atoms with Crippen LogP contribution < -0.4 is 11.3 Å². The molecule has 0 aliphatic rings. The highest BCUT2D eigenvalue weighted by atomic mass is 15.3. The minimum atomic E-state index is -0.0724. The molecule has 1 unspecified atom stereocenters. The van der Waals surface area contributed by atoms with Gasteiger partial charge in [0.05, 0.1) is 12.2 Å². The second-order valence-corrected chi connectivity index (χ2v) is 4.14. The third kappa shape index (κ3) is 2.20. The smallest absolute Gasteiger partial charge is 0.0758 e. The molecule has 90 valence electrons. The van der Waals surface area contributed by atoms with Crippen LogP contribution in [0.4, 0.5) is 0 Å². The van der Waals surface area contributed by atoms with Crippen LogP contribution in [-0.2, 0) is 7.05 Å². The average molecular weight is 231 g/mol. The van der Waals surface area contributed by atoms with E-state index < -0.39 is 0 Å². The van der Waals surface area contributed by atoms with Gasteiger partial charge in [-0.25, -0.2) is 5.43 Å². The highest BCUT2D eigenvalue weighted by Crippen LogP contribution is 2.23. The number of nitrogens with zero attached hydrogens (tertiary/aromatic N) is 3. The van der Waals surface area contributed by atoms with Crippen molar-refractivity contribution in [2.75, 3.05) is 0 Å². The van der Waals surface area contributed by atoms with E-state index in [1.807, 2.05) is 50.1 Å². The van der Waals surface area contributed by atoms with Crippen LogP contribution in [0.3, 0.4) is 0 Å². The van der Waals surface area contributed by atoms with Crippen molar-refractivity contribution < 1.29 is 0 Å². The molecule has 3 N–H and O–H groups in total. The molecule has 0 aliphatic heterocycles. The summed E-state index contributed by atoms with van der Waals surface area (Å²) in [4.78, 5) is 4.29. The second kappa shape index (κ2) is 4.65. The Bertz CT molecular complexity index is 500. The van der Waals surface area contributed by atoms with Gasteiger partial charge in [-0.3, -0.25) is 15.5 Å². The lowest BCUT2D eigenvalue weighted by Gasteiger charge is -2.15. The fraction of sp³-hybridized carbons (Fsp3) is 0.333. The summed E-state index contributed by atoms with van der Waals surface area (Å²) in [5.41, 5.74) is 7.01. The minimum absolute atomic E-state index is 0.0724. The zero-order valence-corrected chi connectivity index (χ0v) is 10.3. The molecular formula is C12H17N5. The van der Waals surface area contributed by atoms with Gasteiger partial charge in [-0.15, -0.1) is 0 Å². The first-order chi connectivity index (χ1) is 8.13. The van der Waals surface area contributed by atoms with E-state index in [4.69, 9.17) is 5.84 Å². The molecule has 5 heteroatoms. The molecule has 0 spiro atoms. The maximum atomic E-state index is 5.64. The highest BCUT2D eigenvalue weighted by Gasteiger charge is 2.17. The van der Waals surface area contributed by atoms with Gasteiger partial charge in [-0.2, -0.15) is 5.10 Å². The lowest BCUT2D eigenvalue weighted by atomic mass is 10.0. The van der Waals surface area contributed by atoms with Crippen molar-refractivity contribution in [1.82, 2.24) is 20.2 Å². The number of nitrogens with one attached hydrogen (secondary N) is 1. The molecule has 0 aliphatic carbocycles. The normalized spacial score (nSPS) is 12.7. The first-order valence-electron chi connectivity index (χ1n) is 5.50. The Morgan fingerprint density at radius 3 is 2.53 bits per heavy atom. The molecule has 0 saturated heterocycles. The SMILES string of the molecule is Cc1ccc(C(NN)c2cnn(C)c2C)cn1. The number of hydrogen-bond acceptors (Lipinski definition) is 4. The number of rotatable bonds is 3. The van der Waals surface area contributed by atoms with Gasteiger partial charge in [-0.1, -0.05) is 6.07 Å². The van der Waals surface area contributed by atoms with Crippen LogP contribution in [0.25, 0.3) is 0 Å². The largest absolute Gasteiger partial charge is 0.273 e. The summed E-state index contributed by atoms with van der Waals surface area (Å²) in [5, 5.41) is 4.23. The molecule has 0 radical (unpaired) electrons. The maximum absolute atomic E-state index is 5.64. The Hall–Kier alpha value is -1.72. The molecule has 0 aromatic carbocycles. The lowest BCUT2D eigenvalue weighted by Crippen LogP contribution is -2.29. The quantitative estimate of drug-likeness (QED) is 0.610. The molecule has 5 nitrogen and oxygen atoms in total. The first kappa shape index (κ1) is 11.8. The number of hydrazine groups is 1. The summed E-state index contributed by atoms with van der Waals surface area (Å²) in [6, 6.07) is 3.93. The summed E-state index contributed by atoms with van der Waals surface area (Å²) in [6.07, 6.45) is 3.67.